The highest BCUT2D eigenvalue weighted by molar-refractivity contribution is 5.88. The molecule has 0 spiro atoms. The van der Waals surface area contributed by atoms with Crippen LogP contribution in [-0.4, -0.2) is 27.9 Å². The Morgan fingerprint density at radius 2 is 1.71 bits per heavy atom. The molecule has 31 heavy (non-hydrogen) atoms. The minimum absolute atomic E-state index is 0.286. The molecule has 3 aromatic rings. The lowest BCUT2D eigenvalue weighted by atomic mass is 9.48. The van der Waals surface area contributed by atoms with Gasteiger partial charge in [-0.3, -0.25) is 4.79 Å². The summed E-state index contributed by atoms with van der Waals surface area (Å²) in [5, 5.41) is 10.9. The van der Waals surface area contributed by atoms with Crippen molar-refractivity contribution in [1.29, 1.82) is 0 Å². The minimum Gasteiger partial charge on any atom is -0.497 e. The normalized spacial score (nSPS) is 28.9. The molecule has 0 atom stereocenters. The van der Waals surface area contributed by atoms with Gasteiger partial charge in [-0.25, -0.2) is 4.68 Å². The zero-order valence-corrected chi connectivity index (χ0v) is 18.1. The highest BCUT2D eigenvalue weighted by Crippen LogP contribution is 2.61. The van der Waals surface area contributed by atoms with Crippen molar-refractivity contribution in [3.63, 3.8) is 0 Å². The Balaban J connectivity index is 1.16. The maximum absolute atomic E-state index is 13.0. The van der Waals surface area contributed by atoms with Crippen LogP contribution in [0.2, 0.25) is 0 Å². The first-order valence-corrected chi connectivity index (χ1v) is 11.6. The summed E-state index contributed by atoms with van der Waals surface area (Å²) >= 11 is 0. The molecule has 4 aliphatic rings. The number of hydrogen-bond acceptors (Lipinski definition) is 4. The number of carbonyl (C=O) groups excluding carboxylic acids is 1. The van der Waals surface area contributed by atoms with Crippen molar-refractivity contribution >= 4 is 16.6 Å². The predicted molar refractivity (Wildman–Crippen MR) is 120 cm³/mol. The molecule has 2 aromatic carbocycles. The van der Waals surface area contributed by atoms with Crippen LogP contribution in [0.5, 0.6) is 5.75 Å². The molecule has 0 unspecified atom stereocenters. The van der Waals surface area contributed by atoms with Crippen LogP contribution in [-0.2, 0) is 11.3 Å². The largest absolute Gasteiger partial charge is 0.497 e. The summed E-state index contributed by atoms with van der Waals surface area (Å²) in [7, 11) is 1.68. The highest BCUT2D eigenvalue weighted by Gasteiger charge is 2.51. The Morgan fingerprint density at radius 3 is 2.42 bits per heavy atom. The third-order valence-corrected chi connectivity index (χ3v) is 7.96. The molecule has 1 aromatic heterocycles. The van der Waals surface area contributed by atoms with Crippen molar-refractivity contribution in [2.45, 2.75) is 51.5 Å². The molecule has 5 nitrogen and oxygen atoms in total. The van der Waals surface area contributed by atoms with E-state index in [1.54, 1.807) is 11.8 Å². The van der Waals surface area contributed by atoms with Gasteiger partial charge in [-0.05, 0) is 90.7 Å². The standard InChI is InChI=1S/C26H29N3O2/c1-31-24-5-4-20-9-22(3-2-21(20)10-24)25-16-29(28-27-25)15-23(30)14-26-11-17-6-18(12-26)8-19(7-17)13-26/h2-5,9-10,16-19H,6-8,11-15H2,1H3. The molecule has 0 saturated heterocycles. The van der Waals surface area contributed by atoms with Crippen molar-refractivity contribution in [2.75, 3.05) is 7.11 Å². The van der Waals surface area contributed by atoms with Crippen LogP contribution in [0.25, 0.3) is 22.0 Å². The third-order valence-electron chi connectivity index (χ3n) is 7.96. The molecule has 160 valence electrons. The van der Waals surface area contributed by atoms with E-state index in [1.807, 2.05) is 24.4 Å². The molecule has 1 heterocycles. The van der Waals surface area contributed by atoms with Gasteiger partial charge in [0.05, 0.1) is 13.3 Å². The summed E-state index contributed by atoms with van der Waals surface area (Å²) in [5.74, 6) is 3.80. The zero-order chi connectivity index (χ0) is 21.0. The lowest BCUT2D eigenvalue weighted by molar-refractivity contribution is -0.128. The molecule has 4 saturated carbocycles. The van der Waals surface area contributed by atoms with Crippen molar-refractivity contribution in [1.82, 2.24) is 15.0 Å². The molecule has 0 N–H and O–H groups in total. The van der Waals surface area contributed by atoms with E-state index in [-0.39, 0.29) is 5.41 Å². The molecular formula is C26H29N3O2. The summed E-state index contributed by atoms with van der Waals surface area (Å²) in [6, 6.07) is 12.3. The second-order valence-electron chi connectivity index (χ2n) is 10.4. The minimum atomic E-state index is 0.286. The van der Waals surface area contributed by atoms with Gasteiger partial charge in [0.2, 0.25) is 0 Å². The predicted octanol–water partition coefficient (Wildman–Crippen LogP) is 5.28. The number of rotatable bonds is 6. The number of carbonyl (C=O) groups is 1. The Bertz CT molecular complexity index is 1110. The van der Waals surface area contributed by atoms with E-state index >= 15 is 0 Å². The van der Waals surface area contributed by atoms with Gasteiger partial charge in [0, 0.05) is 12.0 Å². The average Bonchev–Trinajstić information content (AvgIpc) is 3.19. The zero-order valence-electron chi connectivity index (χ0n) is 18.1. The molecule has 4 fully saturated rings. The van der Waals surface area contributed by atoms with Gasteiger partial charge >= 0.3 is 0 Å². The number of ether oxygens (including phenoxy) is 1. The van der Waals surface area contributed by atoms with Gasteiger partial charge in [0.15, 0.2) is 5.78 Å². The SMILES string of the molecule is COc1ccc2cc(-c3cn(CC(=O)CC45CC6CC(CC(C6)C4)C5)nn3)ccc2c1. The topological polar surface area (TPSA) is 57.0 Å². The Hall–Kier alpha value is -2.69. The van der Waals surface area contributed by atoms with E-state index in [4.69, 9.17) is 4.74 Å². The van der Waals surface area contributed by atoms with Crippen LogP contribution in [0.4, 0.5) is 0 Å². The first-order chi connectivity index (χ1) is 15.1. The molecule has 4 aliphatic carbocycles. The van der Waals surface area contributed by atoms with Crippen molar-refractivity contribution in [2.24, 2.45) is 23.2 Å². The fourth-order valence-corrected chi connectivity index (χ4v) is 7.18. The number of nitrogens with zero attached hydrogens (tertiary/aromatic N) is 3. The summed E-state index contributed by atoms with van der Waals surface area (Å²) < 4.78 is 7.03. The fourth-order valence-electron chi connectivity index (χ4n) is 7.18. The first kappa shape index (κ1) is 19.0. The molecular weight excluding hydrogens is 386 g/mol. The number of aromatic nitrogens is 3. The fraction of sp³-hybridized carbons (Fsp3) is 0.500. The van der Waals surface area contributed by atoms with Gasteiger partial charge in [-0.15, -0.1) is 5.10 Å². The van der Waals surface area contributed by atoms with Gasteiger partial charge in [-0.2, -0.15) is 0 Å². The number of fused-ring (bicyclic) bond motifs is 1. The number of ketones is 1. The van der Waals surface area contributed by atoms with Crippen molar-refractivity contribution in [3.05, 3.63) is 42.6 Å². The molecule has 5 heteroatoms. The van der Waals surface area contributed by atoms with Crippen molar-refractivity contribution < 1.29 is 9.53 Å². The van der Waals surface area contributed by atoms with Gasteiger partial charge in [0.1, 0.15) is 18.0 Å². The summed E-state index contributed by atoms with van der Waals surface area (Å²) in [5.41, 5.74) is 2.10. The molecule has 0 amide bonds. The maximum Gasteiger partial charge on any atom is 0.154 e. The van der Waals surface area contributed by atoms with Crippen LogP contribution in [0.1, 0.15) is 44.9 Å². The van der Waals surface area contributed by atoms with Crippen LogP contribution >= 0.6 is 0 Å². The molecule has 4 bridgehead atoms. The second kappa shape index (κ2) is 7.18. The highest BCUT2D eigenvalue weighted by atomic mass is 16.5. The quantitative estimate of drug-likeness (QED) is 0.549. The lowest BCUT2D eigenvalue weighted by Crippen LogP contribution is -2.47. The van der Waals surface area contributed by atoms with E-state index in [0.717, 1.165) is 52.0 Å². The molecule has 0 aliphatic heterocycles. The average molecular weight is 416 g/mol. The van der Waals surface area contributed by atoms with E-state index < -0.39 is 0 Å². The van der Waals surface area contributed by atoms with E-state index in [1.165, 1.54) is 38.5 Å². The Morgan fingerprint density at radius 1 is 1.03 bits per heavy atom. The number of Topliss-reactive ketones (excluding diaryl/α,β-unsaturated/α-hetero) is 1. The Kier molecular flexibility index (Phi) is 4.41. The summed E-state index contributed by atoms with van der Waals surface area (Å²) in [4.78, 5) is 13.0. The first-order valence-electron chi connectivity index (χ1n) is 11.6. The maximum atomic E-state index is 13.0. The number of hydrogen-bond donors (Lipinski definition) is 0. The Labute approximate surface area is 182 Å². The van der Waals surface area contributed by atoms with Crippen LogP contribution in [0.3, 0.4) is 0 Å². The van der Waals surface area contributed by atoms with Gasteiger partial charge < -0.3 is 4.74 Å². The van der Waals surface area contributed by atoms with E-state index in [0.29, 0.717) is 12.3 Å². The number of methoxy groups -OCH3 is 1. The van der Waals surface area contributed by atoms with E-state index in [9.17, 15) is 4.79 Å². The molecule has 0 radical (unpaired) electrons. The number of benzene rings is 2. The van der Waals surface area contributed by atoms with Crippen LogP contribution < -0.4 is 4.74 Å². The second-order valence-corrected chi connectivity index (χ2v) is 10.4. The smallest absolute Gasteiger partial charge is 0.154 e. The third kappa shape index (κ3) is 3.54. The van der Waals surface area contributed by atoms with Crippen molar-refractivity contribution in [3.8, 4) is 17.0 Å². The van der Waals surface area contributed by atoms with Crippen LogP contribution in [0.15, 0.2) is 42.6 Å². The van der Waals surface area contributed by atoms with Gasteiger partial charge in [0.25, 0.3) is 0 Å². The van der Waals surface area contributed by atoms with Gasteiger partial charge in [-0.1, -0.05) is 23.4 Å². The summed E-state index contributed by atoms with van der Waals surface area (Å²) in [6.07, 6.45) is 10.7. The summed E-state index contributed by atoms with van der Waals surface area (Å²) in [6.45, 7) is 0.333. The lowest BCUT2D eigenvalue weighted by Gasteiger charge is -2.56. The monoisotopic (exact) mass is 415 g/mol. The van der Waals surface area contributed by atoms with Crippen LogP contribution in [0, 0.1) is 23.2 Å². The van der Waals surface area contributed by atoms with E-state index in [2.05, 4.69) is 28.5 Å². The molecule has 7 rings (SSSR count).